The van der Waals surface area contributed by atoms with Crippen molar-refractivity contribution in [2.24, 2.45) is 5.92 Å². The predicted molar refractivity (Wildman–Crippen MR) is 107 cm³/mol. The van der Waals surface area contributed by atoms with E-state index in [1.807, 2.05) is 0 Å². The third-order valence-electron chi connectivity index (χ3n) is 5.70. The second-order valence-electron chi connectivity index (χ2n) is 7.78. The lowest BCUT2D eigenvalue weighted by Gasteiger charge is -2.29. The summed E-state index contributed by atoms with van der Waals surface area (Å²) in [6.07, 6.45) is 7.52. The van der Waals surface area contributed by atoms with Crippen molar-refractivity contribution < 1.29 is 13.2 Å². The van der Waals surface area contributed by atoms with Gasteiger partial charge >= 0.3 is 0 Å². The van der Waals surface area contributed by atoms with Gasteiger partial charge in [0, 0.05) is 24.8 Å². The summed E-state index contributed by atoms with van der Waals surface area (Å²) >= 11 is 0. The fourth-order valence-corrected chi connectivity index (χ4v) is 5.56. The van der Waals surface area contributed by atoms with Crippen molar-refractivity contribution in [1.29, 1.82) is 0 Å². The van der Waals surface area contributed by atoms with E-state index in [0.717, 1.165) is 32.1 Å². The molecule has 27 heavy (non-hydrogen) atoms. The summed E-state index contributed by atoms with van der Waals surface area (Å²) in [6.45, 7) is 3.51. The molecule has 0 radical (unpaired) electrons. The molecule has 2 unspecified atom stereocenters. The average Bonchev–Trinajstić information content (AvgIpc) is 2.69. The maximum absolute atomic E-state index is 12.8. The first-order valence-corrected chi connectivity index (χ1v) is 11.5. The van der Waals surface area contributed by atoms with E-state index in [2.05, 4.69) is 17.6 Å². The molecule has 2 N–H and O–H groups in total. The van der Waals surface area contributed by atoms with Gasteiger partial charge in [0.25, 0.3) is 0 Å². The molecule has 7 heteroatoms. The van der Waals surface area contributed by atoms with Crippen LogP contribution in [-0.2, 0) is 14.8 Å². The van der Waals surface area contributed by atoms with Crippen molar-refractivity contribution in [2.75, 3.05) is 25.0 Å². The molecule has 1 amide bonds. The lowest BCUT2D eigenvalue weighted by atomic mass is 9.86. The van der Waals surface area contributed by atoms with E-state index in [9.17, 15) is 13.2 Å². The van der Waals surface area contributed by atoms with Gasteiger partial charge in [-0.2, -0.15) is 4.31 Å². The molecule has 2 fully saturated rings. The molecule has 1 aromatic carbocycles. The number of nitrogens with zero attached hydrogens (tertiary/aromatic N) is 1. The second kappa shape index (κ2) is 9.06. The number of anilines is 1. The zero-order valence-corrected chi connectivity index (χ0v) is 16.9. The van der Waals surface area contributed by atoms with Crippen LogP contribution < -0.4 is 10.6 Å². The molecule has 6 nitrogen and oxygen atoms in total. The van der Waals surface area contributed by atoms with Gasteiger partial charge in [-0.3, -0.25) is 4.79 Å². The SMILES string of the molecule is CC1CCCCC1NC(=O)CNc1cccc(S(=O)(=O)N2CCCCC2)c1. The zero-order chi connectivity index (χ0) is 19.3. The Kier molecular flexibility index (Phi) is 6.76. The monoisotopic (exact) mass is 393 g/mol. The Morgan fingerprint density at radius 2 is 1.85 bits per heavy atom. The van der Waals surface area contributed by atoms with Crippen LogP contribution in [0.4, 0.5) is 5.69 Å². The van der Waals surface area contributed by atoms with Gasteiger partial charge in [-0.15, -0.1) is 0 Å². The molecule has 1 aromatic rings. The summed E-state index contributed by atoms with van der Waals surface area (Å²) in [5.74, 6) is 0.471. The van der Waals surface area contributed by atoms with Gasteiger partial charge in [0.1, 0.15) is 0 Å². The molecule has 150 valence electrons. The molecule has 2 aliphatic rings. The van der Waals surface area contributed by atoms with Crippen LogP contribution in [0, 0.1) is 5.92 Å². The van der Waals surface area contributed by atoms with Gasteiger partial charge in [0.05, 0.1) is 11.4 Å². The molecule has 1 saturated carbocycles. The molecule has 3 rings (SSSR count). The Bertz CT molecular complexity index is 745. The molecule has 1 saturated heterocycles. The van der Waals surface area contributed by atoms with E-state index in [0.29, 0.717) is 24.7 Å². The summed E-state index contributed by atoms with van der Waals surface area (Å²) < 4.78 is 27.2. The maximum Gasteiger partial charge on any atom is 0.243 e. The minimum absolute atomic E-state index is 0.0435. The highest BCUT2D eigenvalue weighted by atomic mass is 32.2. The molecule has 1 aliphatic heterocycles. The van der Waals surface area contributed by atoms with E-state index in [4.69, 9.17) is 0 Å². The summed E-state index contributed by atoms with van der Waals surface area (Å²) in [6, 6.07) is 7.02. The van der Waals surface area contributed by atoms with E-state index < -0.39 is 10.0 Å². The van der Waals surface area contributed by atoms with Crippen LogP contribution in [0.3, 0.4) is 0 Å². The van der Waals surface area contributed by atoms with Crippen molar-refractivity contribution in [3.63, 3.8) is 0 Å². The highest BCUT2D eigenvalue weighted by molar-refractivity contribution is 7.89. The average molecular weight is 394 g/mol. The largest absolute Gasteiger partial charge is 0.376 e. The lowest BCUT2D eigenvalue weighted by Crippen LogP contribution is -2.43. The van der Waals surface area contributed by atoms with Crippen molar-refractivity contribution >= 4 is 21.6 Å². The van der Waals surface area contributed by atoms with Gasteiger partial charge in [-0.05, 0) is 49.8 Å². The highest BCUT2D eigenvalue weighted by Crippen LogP contribution is 2.24. The number of hydrogen-bond donors (Lipinski definition) is 2. The minimum Gasteiger partial charge on any atom is -0.376 e. The fraction of sp³-hybridized carbons (Fsp3) is 0.650. The standard InChI is InChI=1S/C20H31N3O3S/c1-16-8-3-4-11-19(16)22-20(24)15-21-17-9-7-10-18(14-17)27(25,26)23-12-5-2-6-13-23/h7,9-10,14,16,19,21H,2-6,8,11-13,15H2,1H3,(H,22,24). The highest BCUT2D eigenvalue weighted by Gasteiger charge is 2.26. The quantitative estimate of drug-likeness (QED) is 0.779. The Labute approximate surface area is 162 Å². The molecule has 2 atom stereocenters. The first-order valence-electron chi connectivity index (χ1n) is 10.1. The molecule has 1 aliphatic carbocycles. The number of piperidine rings is 1. The summed E-state index contributed by atoms with van der Waals surface area (Å²) in [7, 11) is -3.46. The number of benzene rings is 1. The topological polar surface area (TPSA) is 78.5 Å². The number of hydrogen-bond acceptors (Lipinski definition) is 4. The summed E-state index contributed by atoms with van der Waals surface area (Å²) in [5, 5.41) is 6.18. The van der Waals surface area contributed by atoms with E-state index in [1.165, 1.54) is 12.8 Å². The number of sulfonamides is 1. The molecule has 0 bridgehead atoms. The Morgan fingerprint density at radius 3 is 2.59 bits per heavy atom. The summed E-state index contributed by atoms with van der Waals surface area (Å²) in [4.78, 5) is 12.5. The lowest BCUT2D eigenvalue weighted by molar-refractivity contribution is -0.120. The third-order valence-corrected chi connectivity index (χ3v) is 7.59. The Balaban J connectivity index is 1.58. The number of carbonyl (C=O) groups is 1. The number of amides is 1. The molecular formula is C20H31N3O3S. The Morgan fingerprint density at radius 1 is 1.11 bits per heavy atom. The van der Waals surface area contributed by atoms with Crippen LogP contribution in [-0.4, -0.2) is 44.3 Å². The van der Waals surface area contributed by atoms with Crippen LogP contribution in [0.15, 0.2) is 29.2 Å². The number of nitrogens with one attached hydrogen (secondary N) is 2. The normalized spacial score (nSPS) is 24.3. The zero-order valence-electron chi connectivity index (χ0n) is 16.1. The fourth-order valence-electron chi connectivity index (χ4n) is 3.99. The second-order valence-corrected chi connectivity index (χ2v) is 9.72. The first-order chi connectivity index (χ1) is 13.0. The number of carbonyl (C=O) groups excluding carboxylic acids is 1. The van der Waals surface area contributed by atoms with Crippen molar-refractivity contribution in [3.8, 4) is 0 Å². The summed E-state index contributed by atoms with van der Waals surface area (Å²) in [5.41, 5.74) is 0.653. The predicted octanol–water partition coefficient (Wildman–Crippen LogP) is 2.97. The molecular weight excluding hydrogens is 362 g/mol. The van der Waals surface area contributed by atoms with Crippen molar-refractivity contribution in [1.82, 2.24) is 9.62 Å². The molecule has 0 spiro atoms. The van der Waals surface area contributed by atoms with Gasteiger partial charge in [0.2, 0.25) is 15.9 Å². The smallest absolute Gasteiger partial charge is 0.243 e. The van der Waals surface area contributed by atoms with Gasteiger partial charge < -0.3 is 10.6 Å². The van der Waals surface area contributed by atoms with Gasteiger partial charge in [-0.1, -0.05) is 32.3 Å². The maximum atomic E-state index is 12.8. The van der Waals surface area contributed by atoms with E-state index in [-0.39, 0.29) is 23.4 Å². The van der Waals surface area contributed by atoms with Crippen LogP contribution in [0.2, 0.25) is 0 Å². The van der Waals surface area contributed by atoms with Crippen LogP contribution in [0.25, 0.3) is 0 Å². The minimum atomic E-state index is -3.46. The van der Waals surface area contributed by atoms with Gasteiger partial charge in [-0.25, -0.2) is 8.42 Å². The van der Waals surface area contributed by atoms with E-state index in [1.54, 1.807) is 28.6 Å². The van der Waals surface area contributed by atoms with Gasteiger partial charge in [0.15, 0.2) is 0 Å². The van der Waals surface area contributed by atoms with Crippen molar-refractivity contribution in [2.45, 2.75) is 62.8 Å². The Hall–Kier alpha value is -1.60. The van der Waals surface area contributed by atoms with Crippen molar-refractivity contribution in [3.05, 3.63) is 24.3 Å². The van der Waals surface area contributed by atoms with Crippen LogP contribution in [0.5, 0.6) is 0 Å². The third kappa shape index (κ3) is 5.23. The molecule has 0 aromatic heterocycles. The van der Waals surface area contributed by atoms with E-state index >= 15 is 0 Å². The van der Waals surface area contributed by atoms with Crippen LogP contribution >= 0.6 is 0 Å². The van der Waals surface area contributed by atoms with Crippen LogP contribution in [0.1, 0.15) is 51.9 Å². The number of rotatable bonds is 6. The first kappa shape index (κ1) is 20.1. The molecule has 1 heterocycles.